The van der Waals surface area contributed by atoms with Crippen molar-refractivity contribution in [1.82, 2.24) is 19.4 Å². The van der Waals surface area contributed by atoms with Gasteiger partial charge in [0.2, 0.25) is 5.76 Å². The number of carbonyl (C=O) groups is 1. The summed E-state index contributed by atoms with van der Waals surface area (Å²) in [5.41, 5.74) is 0.633. The van der Waals surface area contributed by atoms with E-state index < -0.39 is 17.5 Å². The third-order valence-corrected chi connectivity index (χ3v) is 7.27. The molecule has 4 heterocycles. The molecule has 4 aromatic rings. The lowest BCUT2D eigenvalue weighted by Crippen LogP contribution is -2.45. The molecule has 39 heavy (non-hydrogen) atoms. The molecule has 3 aromatic heterocycles. The van der Waals surface area contributed by atoms with Gasteiger partial charge < -0.3 is 29.0 Å². The van der Waals surface area contributed by atoms with E-state index in [1.165, 1.54) is 17.7 Å². The van der Waals surface area contributed by atoms with Gasteiger partial charge in [-0.2, -0.15) is 13.2 Å². The molecular weight excluding hydrogens is 517 g/mol. The van der Waals surface area contributed by atoms with Crippen molar-refractivity contribution in [2.24, 2.45) is 7.05 Å². The number of piperidine rings is 1. The summed E-state index contributed by atoms with van der Waals surface area (Å²) in [4.78, 5) is 29.5. The van der Waals surface area contributed by atoms with E-state index >= 15 is 0 Å². The number of carbonyl (C=O) groups excluding carboxylic acids is 1. The minimum atomic E-state index is -4.64. The van der Waals surface area contributed by atoms with Gasteiger partial charge >= 0.3 is 6.18 Å². The highest BCUT2D eigenvalue weighted by Crippen LogP contribution is 2.35. The van der Waals surface area contributed by atoms with Crippen LogP contribution in [0, 0.1) is 0 Å². The van der Waals surface area contributed by atoms with Gasteiger partial charge in [-0.05, 0) is 31.0 Å². The fraction of sp³-hybridized carbons (Fsp3) is 0.407. The van der Waals surface area contributed by atoms with Crippen molar-refractivity contribution in [1.29, 1.82) is 0 Å². The molecule has 0 bridgehead atoms. The van der Waals surface area contributed by atoms with E-state index in [2.05, 4.69) is 10.2 Å². The van der Waals surface area contributed by atoms with Crippen LogP contribution in [0.2, 0.25) is 0 Å². The molecule has 1 aliphatic heterocycles. The van der Waals surface area contributed by atoms with Crippen LogP contribution >= 0.6 is 0 Å². The number of methoxy groups -OCH3 is 1. The molecule has 1 aromatic carbocycles. The zero-order chi connectivity index (χ0) is 27.9. The van der Waals surface area contributed by atoms with Crippen LogP contribution < -0.4 is 15.6 Å². The fourth-order valence-electron chi connectivity index (χ4n) is 5.40. The molecule has 0 unspecified atom stereocenters. The number of hydrogen-bond acceptors (Lipinski definition) is 6. The van der Waals surface area contributed by atoms with Crippen LogP contribution in [0.5, 0.6) is 5.75 Å². The van der Waals surface area contributed by atoms with Crippen LogP contribution in [0.1, 0.15) is 34.9 Å². The van der Waals surface area contributed by atoms with Gasteiger partial charge in [0.05, 0.1) is 31.3 Å². The molecule has 0 saturated carbocycles. The van der Waals surface area contributed by atoms with Gasteiger partial charge in [-0.25, -0.2) is 0 Å². The van der Waals surface area contributed by atoms with Crippen molar-refractivity contribution in [2.45, 2.75) is 31.6 Å². The van der Waals surface area contributed by atoms with E-state index in [0.717, 1.165) is 32.0 Å². The van der Waals surface area contributed by atoms with Crippen molar-refractivity contribution in [3.63, 3.8) is 0 Å². The minimum absolute atomic E-state index is 0.0330. The van der Waals surface area contributed by atoms with Crippen molar-refractivity contribution < 1.29 is 32.2 Å². The Bertz CT molecular complexity index is 1580. The lowest BCUT2D eigenvalue weighted by atomic mass is 10.0. The van der Waals surface area contributed by atoms with E-state index in [4.69, 9.17) is 14.3 Å². The molecule has 208 valence electrons. The van der Waals surface area contributed by atoms with Crippen molar-refractivity contribution in [2.75, 3.05) is 33.4 Å². The Morgan fingerprint density at radius 1 is 1.18 bits per heavy atom. The summed E-state index contributed by atoms with van der Waals surface area (Å²) >= 11 is 0. The average molecular weight is 547 g/mol. The molecule has 1 fully saturated rings. The number of benzene rings is 1. The summed E-state index contributed by atoms with van der Waals surface area (Å²) in [6.45, 7) is 1.93. The number of likely N-dealkylation sites (tertiary alicyclic amines) is 1. The van der Waals surface area contributed by atoms with Crippen LogP contribution in [0.4, 0.5) is 13.2 Å². The van der Waals surface area contributed by atoms with Crippen LogP contribution in [0.25, 0.3) is 21.8 Å². The quantitative estimate of drug-likeness (QED) is 0.369. The maximum absolute atomic E-state index is 13.9. The Hall–Kier alpha value is -3.77. The molecule has 0 atom stereocenters. The number of rotatable bonds is 7. The predicted octanol–water partition coefficient (Wildman–Crippen LogP) is 3.35. The number of nitrogens with zero attached hydrogens (tertiary/aromatic N) is 3. The Kier molecular flexibility index (Phi) is 7.17. The Balaban J connectivity index is 1.58. The number of aromatic nitrogens is 2. The number of para-hydroxylation sites is 1. The predicted molar refractivity (Wildman–Crippen MR) is 138 cm³/mol. The lowest BCUT2D eigenvalue weighted by Gasteiger charge is -2.31. The average Bonchev–Trinajstić information content (AvgIpc) is 3.50. The summed E-state index contributed by atoms with van der Waals surface area (Å²) < 4.78 is 52.9. The Labute approximate surface area is 221 Å². The highest BCUT2D eigenvalue weighted by molar-refractivity contribution is 6.12. The summed E-state index contributed by atoms with van der Waals surface area (Å²) in [5.74, 6) is -1.46. The van der Waals surface area contributed by atoms with E-state index in [1.807, 2.05) is 0 Å². The second-order valence-electron chi connectivity index (χ2n) is 9.65. The Morgan fingerprint density at radius 2 is 1.90 bits per heavy atom. The number of fused-ring (bicyclic) bond motifs is 3. The van der Waals surface area contributed by atoms with Crippen LogP contribution in [0.3, 0.4) is 0 Å². The number of ether oxygens (including phenoxy) is 1. The first-order chi connectivity index (χ1) is 18.6. The minimum Gasteiger partial charge on any atom is -0.493 e. The molecule has 2 N–H and O–H groups in total. The topological polar surface area (TPSA) is 102 Å². The maximum Gasteiger partial charge on any atom is 0.449 e. The van der Waals surface area contributed by atoms with Crippen LogP contribution in [-0.2, 0) is 19.8 Å². The SMILES string of the molecule is COc1c(C(=O)NC2CCN(CCO)CC2)n(C)c2c1c(=O)n(Cc1ccc(C(F)(F)F)o1)c1ccccc21. The maximum atomic E-state index is 13.9. The molecular formula is C27H29F3N4O5. The third-order valence-electron chi connectivity index (χ3n) is 7.27. The number of furan rings is 1. The number of pyridine rings is 1. The van der Waals surface area contributed by atoms with E-state index in [9.17, 15) is 22.8 Å². The second-order valence-corrected chi connectivity index (χ2v) is 9.65. The largest absolute Gasteiger partial charge is 0.493 e. The van der Waals surface area contributed by atoms with Gasteiger partial charge in [0.1, 0.15) is 11.1 Å². The Morgan fingerprint density at radius 3 is 2.54 bits per heavy atom. The number of β-amino-alcohol motifs (C(OH)–C–C–N with tert-alkyl or cyclic N) is 1. The molecule has 1 saturated heterocycles. The molecule has 1 aliphatic rings. The number of aliphatic hydroxyl groups is 1. The number of hydrogen-bond donors (Lipinski definition) is 2. The molecule has 12 heteroatoms. The monoisotopic (exact) mass is 546 g/mol. The zero-order valence-corrected chi connectivity index (χ0v) is 21.5. The summed E-state index contributed by atoms with van der Waals surface area (Å²) in [7, 11) is 3.06. The lowest BCUT2D eigenvalue weighted by molar-refractivity contribution is -0.153. The van der Waals surface area contributed by atoms with Gasteiger partial charge in [0, 0.05) is 38.1 Å². The fourth-order valence-corrected chi connectivity index (χ4v) is 5.40. The summed E-state index contributed by atoms with van der Waals surface area (Å²) in [6.07, 6.45) is -3.21. The molecule has 0 radical (unpaired) electrons. The summed E-state index contributed by atoms with van der Waals surface area (Å²) in [6, 6.07) is 8.94. The number of halogens is 3. The smallest absolute Gasteiger partial charge is 0.449 e. The van der Waals surface area contributed by atoms with Crippen LogP contribution in [-0.4, -0.2) is 64.4 Å². The van der Waals surface area contributed by atoms with Crippen molar-refractivity contribution in [3.05, 3.63) is 64.0 Å². The first-order valence-corrected chi connectivity index (χ1v) is 12.6. The normalized spacial score (nSPS) is 15.3. The van der Waals surface area contributed by atoms with Crippen molar-refractivity contribution in [3.8, 4) is 5.75 Å². The first kappa shape index (κ1) is 26.8. The number of aliphatic hydroxyl groups excluding tert-OH is 1. The second kappa shape index (κ2) is 10.4. The van der Waals surface area contributed by atoms with Gasteiger partial charge in [-0.3, -0.25) is 14.2 Å². The highest BCUT2D eigenvalue weighted by Gasteiger charge is 2.35. The van der Waals surface area contributed by atoms with Crippen LogP contribution in [0.15, 0.2) is 45.6 Å². The van der Waals surface area contributed by atoms with Gasteiger partial charge in [-0.15, -0.1) is 0 Å². The molecule has 5 rings (SSSR count). The third kappa shape index (κ3) is 4.89. The van der Waals surface area contributed by atoms with Gasteiger partial charge in [0.25, 0.3) is 11.5 Å². The first-order valence-electron chi connectivity index (χ1n) is 12.6. The molecule has 1 amide bonds. The standard InChI is InChI=1S/C27H29F3N4O5/c1-32-22-18-5-3-4-6-19(18)34(15-17-7-8-20(39-17)27(28,29)30)26(37)21(22)24(38-2)23(32)25(36)31-16-9-11-33(12-10-16)13-14-35/h3-8,16,35H,9-15H2,1-2H3,(H,31,36). The van der Waals surface area contributed by atoms with E-state index in [-0.39, 0.29) is 47.7 Å². The molecule has 0 spiro atoms. The number of amides is 1. The van der Waals surface area contributed by atoms with Gasteiger partial charge in [-0.1, -0.05) is 18.2 Å². The van der Waals surface area contributed by atoms with E-state index in [1.54, 1.807) is 35.9 Å². The molecule has 0 aliphatic carbocycles. The number of aryl methyl sites for hydroxylation is 1. The number of alkyl halides is 3. The molecule has 9 nitrogen and oxygen atoms in total. The zero-order valence-electron chi connectivity index (χ0n) is 21.5. The summed E-state index contributed by atoms with van der Waals surface area (Å²) in [5, 5.41) is 13.0. The number of nitrogens with one attached hydrogen (secondary N) is 1. The highest BCUT2D eigenvalue weighted by atomic mass is 19.4. The van der Waals surface area contributed by atoms with Crippen molar-refractivity contribution >= 4 is 27.7 Å². The van der Waals surface area contributed by atoms with Gasteiger partial charge in [0.15, 0.2) is 11.4 Å². The van der Waals surface area contributed by atoms with E-state index in [0.29, 0.717) is 23.0 Å².